The number of methoxy groups -OCH3 is 1. The van der Waals surface area contributed by atoms with Gasteiger partial charge in [-0.25, -0.2) is 9.50 Å². The first-order valence-corrected chi connectivity index (χ1v) is 7.86. The van der Waals surface area contributed by atoms with Crippen molar-refractivity contribution in [1.29, 1.82) is 0 Å². The van der Waals surface area contributed by atoms with E-state index in [0.717, 1.165) is 11.1 Å². The van der Waals surface area contributed by atoms with Crippen LogP contribution in [0.2, 0.25) is 0 Å². The molecule has 0 fully saturated rings. The Labute approximate surface area is 148 Å². The first-order chi connectivity index (χ1) is 12.7. The standard InChI is InChI=1S/C17H15N7O2/c1-26-16-13(4-2-7-18-16)12-5-6-14-20-17(22-24(14)10-12)21-15(25)11-23-9-3-8-19-23/h2-10H,11H2,1H3,(H,21,22,25). The number of hydrogen-bond acceptors (Lipinski definition) is 6. The molecule has 4 rings (SSSR count). The molecule has 0 saturated carbocycles. The Morgan fingerprint density at radius 1 is 1.23 bits per heavy atom. The summed E-state index contributed by atoms with van der Waals surface area (Å²) in [6.07, 6.45) is 6.81. The van der Waals surface area contributed by atoms with E-state index in [2.05, 4.69) is 25.5 Å². The van der Waals surface area contributed by atoms with Crippen LogP contribution in [-0.4, -0.2) is 42.4 Å². The lowest BCUT2D eigenvalue weighted by Crippen LogP contribution is -2.19. The number of nitrogens with zero attached hydrogens (tertiary/aromatic N) is 6. The van der Waals surface area contributed by atoms with E-state index >= 15 is 0 Å². The van der Waals surface area contributed by atoms with Gasteiger partial charge in [0, 0.05) is 35.9 Å². The Morgan fingerprint density at radius 2 is 2.15 bits per heavy atom. The maximum absolute atomic E-state index is 12.0. The quantitative estimate of drug-likeness (QED) is 0.588. The van der Waals surface area contributed by atoms with Crippen molar-refractivity contribution in [3.63, 3.8) is 0 Å². The van der Waals surface area contributed by atoms with Crippen LogP contribution in [0.1, 0.15) is 0 Å². The molecule has 4 heterocycles. The molecule has 0 radical (unpaired) electrons. The van der Waals surface area contributed by atoms with Gasteiger partial charge in [0.1, 0.15) is 6.54 Å². The van der Waals surface area contributed by atoms with Crippen LogP contribution in [0.4, 0.5) is 5.95 Å². The fourth-order valence-corrected chi connectivity index (χ4v) is 2.57. The number of hydrogen-bond donors (Lipinski definition) is 1. The van der Waals surface area contributed by atoms with Gasteiger partial charge in [-0.15, -0.1) is 5.10 Å². The molecule has 0 aromatic carbocycles. The van der Waals surface area contributed by atoms with Crippen molar-refractivity contribution >= 4 is 17.5 Å². The van der Waals surface area contributed by atoms with Crippen LogP contribution in [0.25, 0.3) is 16.8 Å². The number of rotatable bonds is 5. The SMILES string of the molecule is COc1ncccc1-c1ccc2nc(NC(=O)Cn3cccn3)nn2c1. The smallest absolute Gasteiger partial charge is 0.249 e. The van der Waals surface area contributed by atoms with E-state index in [9.17, 15) is 4.79 Å². The highest BCUT2D eigenvalue weighted by molar-refractivity contribution is 5.88. The molecule has 0 atom stereocenters. The number of nitrogens with one attached hydrogen (secondary N) is 1. The third kappa shape index (κ3) is 3.09. The molecule has 26 heavy (non-hydrogen) atoms. The van der Waals surface area contributed by atoms with Crippen molar-refractivity contribution in [3.05, 3.63) is 55.1 Å². The van der Waals surface area contributed by atoms with E-state index in [1.54, 1.807) is 36.3 Å². The molecule has 130 valence electrons. The van der Waals surface area contributed by atoms with Crippen LogP contribution in [0, 0.1) is 0 Å². The third-order valence-electron chi connectivity index (χ3n) is 3.72. The van der Waals surface area contributed by atoms with Gasteiger partial charge in [0.15, 0.2) is 5.65 Å². The molecule has 0 spiro atoms. The van der Waals surface area contributed by atoms with Crippen LogP contribution in [-0.2, 0) is 11.3 Å². The fraction of sp³-hybridized carbons (Fsp3) is 0.118. The van der Waals surface area contributed by atoms with E-state index in [4.69, 9.17) is 4.74 Å². The maximum atomic E-state index is 12.0. The van der Waals surface area contributed by atoms with Crippen molar-refractivity contribution in [2.45, 2.75) is 6.54 Å². The summed E-state index contributed by atoms with van der Waals surface area (Å²) in [6.45, 7) is 0.0979. The monoisotopic (exact) mass is 349 g/mol. The molecule has 9 nitrogen and oxygen atoms in total. The van der Waals surface area contributed by atoms with E-state index in [1.165, 1.54) is 4.68 Å². The molecule has 0 unspecified atom stereocenters. The Bertz CT molecular complexity index is 1060. The van der Waals surface area contributed by atoms with Crippen LogP contribution >= 0.6 is 0 Å². The zero-order valence-electron chi connectivity index (χ0n) is 13.9. The van der Waals surface area contributed by atoms with Crippen LogP contribution in [0.3, 0.4) is 0 Å². The Balaban J connectivity index is 1.59. The van der Waals surface area contributed by atoms with E-state index in [1.807, 2.05) is 30.5 Å². The predicted octanol–water partition coefficient (Wildman–Crippen LogP) is 1.64. The zero-order chi connectivity index (χ0) is 17.9. The molecular formula is C17H15N7O2. The van der Waals surface area contributed by atoms with Gasteiger partial charge in [-0.3, -0.25) is 14.8 Å². The topological polar surface area (TPSA) is 99.2 Å². The number of fused-ring (bicyclic) bond motifs is 1. The molecule has 4 aromatic rings. The van der Waals surface area contributed by atoms with Crippen molar-refractivity contribution in [1.82, 2.24) is 29.4 Å². The van der Waals surface area contributed by atoms with E-state index in [0.29, 0.717) is 11.5 Å². The molecule has 0 bridgehead atoms. The zero-order valence-corrected chi connectivity index (χ0v) is 13.9. The normalized spacial score (nSPS) is 10.8. The van der Waals surface area contributed by atoms with Gasteiger partial charge in [0.2, 0.25) is 17.7 Å². The van der Waals surface area contributed by atoms with E-state index in [-0.39, 0.29) is 18.4 Å². The van der Waals surface area contributed by atoms with Gasteiger partial charge < -0.3 is 4.74 Å². The summed E-state index contributed by atoms with van der Waals surface area (Å²) in [4.78, 5) is 20.5. The number of aromatic nitrogens is 6. The molecule has 0 aliphatic rings. The van der Waals surface area contributed by atoms with Gasteiger partial charge in [0.05, 0.1) is 7.11 Å². The minimum Gasteiger partial charge on any atom is -0.481 e. The van der Waals surface area contributed by atoms with Crippen LogP contribution < -0.4 is 10.1 Å². The van der Waals surface area contributed by atoms with Crippen molar-refractivity contribution in [2.24, 2.45) is 0 Å². The number of carbonyl (C=O) groups excluding carboxylic acids is 1. The lowest BCUT2D eigenvalue weighted by atomic mass is 10.1. The summed E-state index contributed by atoms with van der Waals surface area (Å²) in [5, 5.41) is 11.0. The summed E-state index contributed by atoms with van der Waals surface area (Å²) in [6, 6.07) is 9.22. The number of ether oxygens (including phenoxy) is 1. The fourth-order valence-electron chi connectivity index (χ4n) is 2.57. The summed E-state index contributed by atoms with van der Waals surface area (Å²) in [5.41, 5.74) is 2.34. The molecule has 9 heteroatoms. The van der Waals surface area contributed by atoms with Crippen LogP contribution in [0.15, 0.2) is 55.1 Å². The second kappa shape index (κ2) is 6.63. The third-order valence-corrected chi connectivity index (χ3v) is 3.72. The van der Waals surface area contributed by atoms with Crippen molar-refractivity contribution in [2.75, 3.05) is 12.4 Å². The first kappa shape index (κ1) is 15.8. The highest BCUT2D eigenvalue weighted by Crippen LogP contribution is 2.27. The number of pyridine rings is 2. The highest BCUT2D eigenvalue weighted by atomic mass is 16.5. The van der Waals surface area contributed by atoms with Crippen LogP contribution in [0.5, 0.6) is 5.88 Å². The number of amides is 1. The van der Waals surface area contributed by atoms with Gasteiger partial charge in [-0.1, -0.05) is 0 Å². The maximum Gasteiger partial charge on any atom is 0.249 e. The average molecular weight is 349 g/mol. The molecule has 1 amide bonds. The van der Waals surface area contributed by atoms with Crippen molar-refractivity contribution in [3.8, 4) is 17.0 Å². The summed E-state index contributed by atoms with van der Waals surface area (Å²) >= 11 is 0. The van der Waals surface area contributed by atoms with Gasteiger partial charge in [0.25, 0.3) is 0 Å². The molecular weight excluding hydrogens is 334 g/mol. The Morgan fingerprint density at radius 3 is 2.96 bits per heavy atom. The molecule has 0 saturated heterocycles. The number of carbonyl (C=O) groups is 1. The second-order valence-corrected chi connectivity index (χ2v) is 5.47. The van der Waals surface area contributed by atoms with Gasteiger partial charge in [-0.05, 0) is 30.3 Å². The Kier molecular flexibility index (Phi) is 4.02. The lowest BCUT2D eigenvalue weighted by molar-refractivity contribution is -0.116. The predicted molar refractivity (Wildman–Crippen MR) is 93.6 cm³/mol. The average Bonchev–Trinajstić information content (AvgIpc) is 3.29. The Hall–Kier alpha value is -3.75. The second-order valence-electron chi connectivity index (χ2n) is 5.47. The highest BCUT2D eigenvalue weighted by Gasteiger charge is 2.11. The molecule has 4 aromatic heterocycles. The minimum atomic E-state index is -0.251. The largest absolute Gasteiger partial charge is 0.481 e. The summed E-state index contributed by atoms with van der Waals surface area (Å²) in [7, 11) is 1.58. The molecule has 0 aliphatic heterocycles. The lowest BCUT2D eigenvalue weighted by Gasteiger charge is -2.06. The molecule has 0 aliphatic carbocycles. The van der Waals surface area contributed by atoms with Crippen molar-refractivity contribution < 1.29 is 9.53 Å². The summed E-state index contributed by atoms with van der Waals surface area (Å²) in [5.74, 6) is 0.510. The van der Waals surface area contributed by atoms with E-state index < -0.39 is 0 Å². The van der Waals surface area contributed by atoms with Gasteiger partial charge in [-0.2, -0.15) is 10.1 Å². The van der Waals surface area contributed by atoms with Gasteiger partial charge >= 0.3 is 0 Å². The summed E-state index contributed by atoms with van der Waals surface area (Å²) < 4.78 is 8.43. The number of anilines is 1. The molecule has 1 N–H and O–H groups in total. The first-order valence-electron chi connectivity index (χ1n) is 7.86. The minimum absolute atomic E-state index is 0.0979.